The lowest BCUT2D eigenvalue weighted by atomic mass is 9.92. The molecule has 4 heterocycles. The summed E-state index contributed by atoms with van der Waals surface area (Å²) in [6.07, 6.45) is 9.89. The molecule has 3 aromatic heterocycles. The Morgan fingerprint density at radius 3 is 2.79 bits per heavy atom. The molecule has 3 atom stereocenters. The molecule has 1 aliphatic rings. The van der Waals surface area contributed by atoms with Crippen LogP contribution in [0.15, 0.2) is 59.8 Å². The van der Waals surface area contributed by atoms with Crippen LogP contribution in [-0.2, 0) is 12.8 Å². The molecule has 6 rings (SSSR count). The van der Waals surface area contributed by atoms with Gasteiger partial charge >= 0.3 is 5.69 Å². The van der Waals surface area contributed by atoms with E-state index in [1.807, 2.05) is 19.1 Å². The van der Waals surface area contributed by atoms with Crippen LogP contribution in [0.4, 0.5) is 4.39 Å². The molecule has 1 fully saturated rings. The van der Waals surface area contributed by atoms with E-state index in [0.717, 1.165) is 56.3 Å². The Balaban J connectivity index is 1.22. The van der Waals surface area contributed by atoms with Crippen LogP contribution >= 0.6 is 11.6 Å². The van der Waals surface area contributed by atoms with E-state index in [1.54, 1.807) is 30.7 Å². The number of H-pyrrole nitrogens is 2. The van der Waals surface area contributed by atoms with Gasteiger partial charge in [-0.15, -0.1) is 10.2 Å². The molecular formula is C31H34ClFN8O. The largest absolute Gasteiger partial charge is 0.354 e. The number of rotatable bonds is 9. The zero-order chi connectivity index (χ0) is 29.2. The van der Waals surface area contributed by atoms with Gasteiger partial charge in [-0.3, -0.25) is 4.57 Å². The number of hydrogen-bond acceptors (Lipinski definition) is 6. The van der Waals surface area contributed by atoms with Crippen LogP contribution in [0.2, 0.25) is 5.02 Å². The molecule has 5 N–H and O–H groups in total. The summed E-state index contributed by atoms with van der Waals surface area (Å²) in [6.45, 7) is 1.97. The van der Waals surface area contributed by atoms with E-state index in [1.165, 1.54) is 10.1 Å². The number of benzene rings is 2. The number of fused-ring (bicyclic) bond motifs is 1. The second kappa shape index (κ2) is 12.2. The smallest absolute Gasteiger partial charge is 0.339 e. The number of aryl methyl sites for hydroxylation is 1. The fourth-order valence-corrected chi connectivity index (χ4v) is 6.05. The van der Waals surface area contributed by atoms with E-state index in [0.29, 0.717) is 34.0 Å². The molecule has 5 aromatic rings. The van der Waals surface area contributed by atoms with Crippen molar-refractivity contribution in [1.82, 2.24) is 35.0 Å². The highest BCUT2D eigenvalue weighted by Gasteiger charge is 2.23. The normalized spacial score (nSPS) is 18.0. The van der Waals surface area contributed by atoms with E-state index < -0.39 is 11.5 Å². The predicted octanol–water partition coefficient (Wildman–Crippen LogP) is 5.39. The molecule has 42 heavy (non-hydrogen) atoms. The molecule has 0 aliphatic carbocycles. The third-order valence-electron chi connectivity index (χ3n) is 7.97. The maximum atomic E-state index is 15.1. The lowest BCUT2D eigenvalue weighted by molar-refractivity contribution is 0.320. The van der Waals surface area contributed by atoms with Crippen molar-refractivity contribution in [2.75, 3.05) is 0 Å². The van der Waals surface area contributed by atoms with Gasteiger partial charge < -0.3 is 21.0 Å². The zero-order valence-corrected chi connectivity index (χ0v) is 24.2. The van der Waals surface area contributed by atoms with Crippen LogP contribution in [0, 0.1) is 5.82 Å². The number of nitrogens with one attached hydrogen (secondary N) is 3. The first-order valence-corrected chi connectivity index (χ1v) is 14.8. The van der Waals surface area contributed by atoms with E-state index in [4.69, 9.17) is 17.3 Å². The standard InChI is InChI=1S/C31H34ClFN8O/c1-18(34)4-2-5-19-12-24(29(33)25(32)13-19)27-14-21-16-41(31(42)39-30(21)38-27)23-10-8-20(9-11-23)26-7-3-6-22(37-26)15-28-35-17-36-40-28/h8-14,16-18,22,26,37H,2-7,15,34H2,1H3,(H,35,36,40)(H,38,39,42)/t18-,22-,26-/m0/s1. The molecule has 9 nitrogen and oxygen atoms in total. The number of nitrogens with two attached hydrogens (primary N) is 1. The third-order valence-corrected chi connectivity index (χ3v) is 8.25. The van der Waals surface area contributed by atoms with Crippen molar-refractivity contribution in [2.45, 2.75) is 70.0 Å². The van der Waals surface area contributed by atoms with Crippen LogP contribution in [0.5, 0.6) is 0 Å². The molecule has 0 saturated carbocycles. The van der Waals surface area contributed by atoms with Crippen molar-refractivity contribution in [3.8, 4) is 16.9 Å². The first-order valence-electron chi connectivity index (χ1n) is 14.4. The second-order valence-electron chi connectivity index (χ2n) is 11.3. The monoisotopic (exact) mass is 588 g/mol. The first kappa shape index (κ1) is 28.3. The molecule has 0 bridgehead atoms. The fraction of sp³-hybridized carbons (Fsp3) is 0.355. The van der Waals surface area contributed by atoms with E-state index >= 15 is 4.39 Å². The van der Waals surface area contributed by atoms with Gasteiger partial charge in [0.1, 0.15) is 17.8 Å². The van der Waals surface area contributed by atoms with Crippen molar-refractivity contribution >= 4 is 22.6 Å². The second-order valence-corrected chi connectivity index (χ2v) is 11.7. The number of piperidine rings is 1. The van der Waals surface area contributed by atoms with Gasteiger partial charge in [-0.05, 0) is 86.9 Å². The fourth-order valence-electron chi connectivity index (χ4n) is 5.81. The number of aromatic amines is 2. The average molecular weight is 589 g/mol. The van der Waals surface area contributed by atoms with Gasteiger partial charge in [-0.2, -0.15) is 4.98 Å². The highest BCUT2D eigenvalue weighted by atomic mass is 35.5. The molecule has 0 unspecified atom stereocenters. The molecule has 1 saturated heterocycles. The molecule has 11 heteroatoms. The van der Waals surface area contributed by atoms with Gasteiger partial charge in [0.2, 0.25) is 0 Å². The number of nitrogens with zero attached hydrogens (tertiary/aromatic N) is 4. The van der Waals surface area contributed by atoms with Gasteiger partial charge in [0.25, 0.3) is 0 Å². The SMILES string of the molecule is C[C@H](N)CCCc1cc(Cl)c(F)c(-c2cc3cn(-c4ccc([C@@H]5CCC[C@@H](Cc6nnc[nH]6)N5)cc4)c(=O)nc3[nH]2)c1. The maximum Gasteiger partial charge on any atom is 0.354 e. The van der Waals surface area contributed by atoms with Crippen LogP contribution in [-0.4, -0.2) is 41.8 Å². The molecule has 218 valence electrons. The highest BCUT2D eigenvalue weighted by molar-refractivity contribution is 6.31. The third kappa shape index (κ3) is 6.16. The van der Waals surface area contributed by atoms with Crippen molar-refractivity contribution in [2.24, 2.45) is 5.73 Å². The number of aromatic nitrogens is 6. The van der Waals surface area contributed by atoms with Gasteiger partial charge in [0.05, 0.1) is 16.4 Å². The van der Waals surface area contributed by atoms with Gasteiger partial charge in [-0.1, -0.05) is 23.7 Å². The van der Waals surface area contributed by atoms with Crippen molar-refractivity contribution in [1.29, 1.82) is 0 Å². The van der Waals surface area contributed by atoms with E-state index in [2.05, 4.69) is 42.6 Å². The lowest BCUT2D eigenvalue weighted by Crippen LogP contribution is -2.38. The van der Waals surface area contributed by atoms with Crippen LogP contribution in [0.3, 0.4) is 0 Å². The first-order chi connectivity index (χ1) is 20.3. The van der Waals surface area contributed by atoms with Crippen LogP contribution < -0.4 is 16.7 Å². The summed E-state index contributed by atoms with van der Waals surface area (Å²) in [4.78, 5) is 23.5. The average Bonchev–Trinajstić information content (AvgIpc) is 3.64. The highest BCUT2D eigenvalue weighted by Crippen LogP contribution is 2.32. The minimum absolute atomic E-state index is 0.0614. The van der Waals surface area contributed by atoms with Crippen molar-refractivity contribution in [3.05, 3.63) is 93.3 Å². The topological polar surface area (TPSA) is 130 Å². The van der Waals surface area contributed by atoms with Crippen molar-refractivity contribution < 1.29 is 4.39 Å². The Morgan fingerprint density at radius 2 is 2.02 bits per heavy atom. The maximum absolute atomic E-state index is 15.1. The zero-order valence-electron chi connectivity index (χ0n) is 23.4. The summed E-state index contributed by atoms with van der Waals surface area (Å²) in [5, 5.41) is 12.5. The Kier molecular flexibility index (Phi) is 8.19. The Morgan fingerprint density at radius 1 is 1.19 bits per heavy atom. The summed E-state index contributed by atoms with van der Waals surface area (Å²) in [5.41, 5.74) is 9.52. The van der Waals surface area contributed by atoms with Gasteiger partial charge in [-0.25, -0.2) is 9.18 Å². The Bertz CT molecular complexity index is 1730. The van der Waals surface area contributed by atoms with E-state index in [9.17, 15) is 4.79 Å². The van der Waals surface area contributed by atoms with E-state index in [-0.39, 0.29) is 17.1 Å². The Hall–Kier alpha value is -3.86. The summed E-state index contributed by atoms with van der Waals surface area (Å²) < 4.78 is 16.6. The predicted molar refractivity (Wildman–Crippen MR) is 162 cm³/mol. The minimum Gasteiger partial charge on any atom is -0.339 e. The molecule has 0 radical (unpaired) electrons. The molecule has 1 aliphatic heterocycles. The quantitative estimate of drug-likeness (QED) is 0.183. The van der Waals surface area contributed by atoms with Crippen LogP contribution in [0.25, 0.3) is 28.0 Å². The van der Waals surface area contributed by atoms with Gasteiger partial charge in [0.15, 0.2) is 5.82 Å². The molecular weight excluding hydrogens is 555 g/mol. The van der Waals surface area contributed by atoms with Crippen LogP contribution in [0.1, 0.15) is 62.0 Å². The molecule has 0 amide bonds. The van der Waals surface area contributed by atoms with Gasteiger partial charge in [0, 0.05) is 41.7 Å². The molecule has 2 aromatic carbocycles. The minimum atomic E-state index is -0.510. The summed E-state index contributed by atoms with van der Waals surface area (Å²) in [5.74, 6) is 0.374. The summed E-state index contributed by atoms with van der Waals surface area (Å²) >= 11 is 6.25. The lowest BCUT2D eigenvalue weighted by Gasteiger charge is -2.31. The Labute approximate surface area is 247 Å². The summed E-state index contributed by atoms with van der Waals surface area (Å²) in [7, 11) is 0. The summed E-state index contributed by atoms with van der Waals surface area (Å²) in [6, 6.07) is 13.9. The van der Waals surface area contributed by atoms with Crippen molar-refractivity contribution in [3.63, 3.8) is 0 Å². The number of hydrogen-bond donors (Lipinski definition) is 4. The molecule has 0 spiro atoms. The number of halogens is 2.